The summed E-state index contributed by atoms with van der Waals surface area (Å²) >= 11 is 0. The molecule has 0 bridgehead atoms. The van der Waals surface area contributed by atoms with Crippen molar-refractivity contribution in [1.82, 2.24) is 19.6 Å². The van der Waals surface area contributed by atoms with Crippen LogP contribution in [0.5, 0.6) is 5.75 Å². The molecule has 0 atom stereocenters. The summed E-state index contributed by atoms with van der Waals surface area (Å²) in [7, 11) is 4.42. The molecule has 2 saturated heterocycles. The van der Waals surface area contributed by atoms with Gasteiger partial charge < -0.3 is 14.5 Å². The van der Waals surface area contributed by atoms with Crippen LogP contribution in [0.25, 0.3) is 0 Å². The van der Waals surface area contributed by atoms with Crippen molar-refractivity contribution in [2.75, 3.05) is 66.5 Å². The van der Waals surface area contributed by atoms with Crippen molar-refractivity contribution in [3.05, 3.63) is 29.8 Å². The lowest BCUT2D eigenvalue weighted by Gasteiger charge is -2.52. The van der Waals surface area contributed by atoms with Gasteiger partial charge in [0.15, 0.2) is 0 Å². The number of nitrogens with zero attached hydrogens (tertiary/aromatic N) is 4. The molecule has 6 heteroatoms. The summed E-state index contributed by atoms with van der Waals surface area (Å²) in [4.78, 5) is 22.3. The zero-order chi connectivity index (χ0) is 18.9. The Labute approximate surface area is 162 Å². The second-order valence-corrected chi connectivity index (χ2v) is 8.43. The lowest BCUT2D eigenvalue weighted by atomic mass is 9.84. The molecule has 27 heavy (non-hydrogen) atoms. The number of carbonyl (C=O) groups is 1. The molecular formula is C21H32N4O2. The Morgan fingerprint density at radius 2 is 1.85 bits per heavy atom. The third-order valence-electron chi connectivity index (χ3n) is 6.66. The maximum absolute atomic E-state index is 13.1. The summed E-state index contributed by atoms with van der Waals surface area (Å²) in [5, 5.41) is 0. The maximum Gasteiger partial charge on any atom is 0.236 e. The fourth-order valence-electron chi connectivity index (χ4n) is 4.66. The van der Waals surface area contributed by atoms with Crippen LogP contribution in [-0.2, 0) is 11.3 Å². The molecule has 0 saturated carbocycles. The Hall–Kier alpha value is -1.63. The minimum Gasteiger partial charge on any atom is -0.492 e. The van der Waals surface area contributed by atoms with Gasteiger partial charge in [0.1, 0.15) is 12.4 Å². The van der Waals surface area contributed by atoms with Crippen LogP contribution in [-0.4, -0.2) is 97.6 Å². The molecule has 148 valence electrons. The second-order valence-electron chi connectivity index (χ2n) is 8.43. The number of likely N-dealkylation sites (tertiary alicyclic amines) is 1. The number of fused-ring (bicyclic) bond motifs is 1. The number of hydrogen-bond donors (Lipinski definition) is 0. The Morgan fingerprint density at radius 1 is 1.07 bits per heavy atom. The molecular weight excluding hydrogens is 340 g/mol. The van der Waals surface area contributed by atoms with E-state index in [4.69, 9.17) is 4.74 Å². The third-order valence-corrected chi connectivity index (χ3v) is 6.66. The molecule has 0 aromatic heterocycles. The highest BCUT2D eigenvalue weighted by atomic mass is 16.5. The van der Waals surface area contributed by atoms with Gasteiger partial charge in [-0.05, 0) is 46.1 Å². The predicted octanol–water partition coefficient (Wildman–Crippen LogP) is 1.12. The number of rotatable bonds is 2. The highest BCUT2D eigenvalue weighted by Crippen LogP contribution is 2.31. The van der Waals surface area contributed by atoms with Crippen LogP contribution in [0.3, 0.4) is 0 Å². The van der Waals surface area contributed by atoms with Crippen molar-refractivity contribution in [3.63, 3.8) is 0 Å². The van der Waals surface area contributed by atoms with Crippen molar-refractivity contribution < 1.29 is 9.53 Å². The standard InChI is InChI=1S/C21H32N4O2/c1-22-9-7-21(8-10-22)17-25(12-11-23(21)2)20(26)16-24-13-14-27-19-6-4-3-5-18(19)15-24/h3-6H,7-17H2,1-2H3. The molecule has 2 fully saturated rings. The molecule has 3 aliphatic rings. The van der Waals surface area contributed by atoms with Gasteiger partial charge in [-0.1, -0.05) is 18.2 Å². The summed E-state index contributed by atoms with van der Waals surface area (Å²) < 4.78 is 5.84. The van der Waals surface area contributed by atoms with Crippen LogP contribution in [0.4, 0.5) is 0 Å². The van der Waals surface area contributed by atoms with Crippen LogP contribution in [0, 0.1) is 0 Å². The molecule has 0 radical (unpaired) electrons. The molecule has 0 unspecified atom stereocenters. The molecule has 0 N–H and O–H groups in total. The summed E-state index contributed by atoms with van der Waals surface area (Å²) in [5.74, 6) is 1.22. The quantitative estimate of drug-likeness (QED) is 0.778. The molecule has 1 spiro atoms. The SMILES string of the molecule is CN1CCC2(CC1)CN(C(=O)CN1CCOc3ccccc3C1)CCN2C. The molecule has 4 rings (SSSR count). The number of benzene rings is 1. The minimum atomic E-state index is 0.162. The number of piperidine rings is 1. The lowest BCUT2D eigenvalue weighted by Crippen LogP contribution is -2.65. The second kappa shape index (κ2) is 7.78. The summed E-state index contributed by atoms with van der Waals surface area (Å²) in [6.45, 7) is 7.63. The molecule has 1 amide bonds. The largest absolute Gasteiger partial charge is 0.492 e. The Balaban J connectivity index is 1.39. The van der Waals surface area contributed by atoms with E-state index in [-0.39, 0.29) is 11.4 Å². The van der Waals surface area contributed by atoms with Gasteiger partial charge in [-0.25, -0.2) is 0 Å². The van der Waals surface area contributed by atoms with Gasteiger partial charge in [-0.15, -0.1) is 0 Å². The number of hydrogen-bond acceptors (Lipinski definition) is 5. The van der Waals surface area contributed by atoms with E-state index in [1.165, 1.54) is 5.56 Å². The number of amides is 1. The van der Waals surface area contributed by atoms with Gasteiger partial charge in [0.2, 0.25) is 5.91 Å². The smallest absolute Gasteiger partial charge is 0.236 e. The molecule has 1 aromatic rings. The number of likely N-dealkylation sites (N-methyl/N-ethyl adjacent to an activating group) is 1. The zero-order valence-electron chi connectivity index (χ0n) is 16.7. The van der Waals surface area contributed by atoms with Crippen LogP contribution in [0.1, 0.15) is 18.4 Å². The average Bonchev–Trinajstić information content (AvgIpc) is 2.88. The first kappa shape index (κ1) is 18.7. The van der Waals surface area contributed by atoms with Crippen LogP contribution < -0.4 is 4.74 Å². The Morgan fingerprint density at radius 3 is 2.67 bits per heavy atom. The average molecular weight is 373 g/mol. The van der Waals surface area contributed by atoms with Crippen molar-refractivity contribution in [1.29, 1.82) is 0 Å². The van der Waals surface area contributed by atoms with Crippen molar-refractivity contribution in [2.24, 2.45) is 0 Å². The first-order chi connectivity index (χ1) is 13.1. The van der Waals surface area contributed by atoms with E-state index in [0.717, 1.165) is 64.4 Å². The zero-order valence-corrected chi connectivity index (χ0v) is 16.7. The van der Waals surface area contributed by atoms with Crippen LogP contribution >= 0.6 is 0 Å². The summed E-state index contributed by atoms with van der Waals surface area (Å²) in [6.07, 6.45) is 2.30. The van der Waals surface area contributed by atoms with E-state index in [1.54, 1.807) is 0 Å². The van der Waals surface area contributed by atoms with E-state index in [1.807, 2.05) is 18.2 Å². The minimum absolute atomic E-state index is 0.162. The predicted molar refractivity (Wildman–Crippen MR) is 106 cm³/mol. The van der Waals surface area contributed by atoms with Gasteiger partial charge in [0.25, 0.3) is 0 Å². The summed E-state index contributed by atoms with van der Waals surface area (Å²) in [6, 6.07) is 8.16. The normalized spacial score (nSPS) is 24.3. The highest BCUT2D eigenvalue weighted by Gasteiger charge is 2.42. The van der Waals surface area contributed by atoms with E-state index >= 15 is 0 Å². The third kappa shape index (κ3) is 3.98. The van der Waals surface area contributed by atoms with E-state index in [0.29, 0.717) is 13.2 Å². The first-order valence-corrected chi connectivity index (χ1v) is 10.2. The molecule has 1 aromatic carbocycles. The van der Waals surface area contributed by atoms with Gasteiger partial charge in [-0.2, -0.15) is 0 Å². The molecule has 6 nitrogen and oxygen atoms in total. The van der Waals surface area contributed by atoms with E-state index < -0.39 is 0 Å². The number of para-hydroxylation sites is 1. The topological polar surface area (TPSA) is 39.3 Å². The van der Waals surface area contributed by atoms with Crippen molar-refractivity contribution in [2.45, 2.75) is 24.9 Å². The first-order valence-electron chi connectivity index (χ1n) is 10.2. The maximum atomic E-state index is 13.1. The lowest BCUT2D eigenvalue weighted by molar-refractivity contribution is -0.139. The van der Waals surface area contributed by atoms with Crippen molar-refractivity contribution in [3.8, 4) is 5.75 Å². The van der Waals surface area contributed by atoms with Gasteiger partial charge in [0, 0.05) is 43.8 Å². The van der Waals surface area contributed by atoms with E-state index in [2.05, 4.69) is 39.8 Å². The Bertz CT molecular complexity index is 672. The fourth-order valence-corrected chi connectivity index (χ4v) is 4.66. The number of piperazine rings is 1. The van der Waals surface area contributed by atoms with Gasteiger partial charge >= 0.3 is 0 Å². The van der Waals surface area contributed by atoms with Crippen LogP contribution in [0.15, 0.2) is 24.3 Å². The monoisotopic (exact) mass is 372 g/mol. The number of carbonyl (C=O) groups excluding carboxylic acids is 1. The van der Waals surface area contributed by atoms with Gasteiger partial charge in [-0.3, -0.25) is 14.6 Å². The van der Waals surface area contributed by atoms with Gasteiger partial charge in [0.05, 0.1) is 6.54 Å². The van der Waals surface area contributed by atoms with E-state index in [9.17, 15) is 4.79 Å². The Kier molecular flexibility index (Phi) is 5.39. The van der Waals surface area contributed by atoms with Crippen LogP contribution in [0.2, 0.25) is 0 Å². The fraction of sp³-hybridized carbons (Fsp3) is 0.667. The molecule has 3 aliphatic heterocycles. The molecule has 0 aliphatic carbocycles. The van der Waals surface area contributed by atoms with Crippen molar-refractivity contribution >= 4 is 5.91 Å². The summed E-state index contributed by atoms with van der Waals surface area (Å²) in [5.41, 5.74) is 1.34. The molecule has 3 heterocycles. The number of ether oxygens (including phenoxy) is 1. The highest BCUT2D eigenvalue weighted by molar-refractivity contribution is 5.78.